The molecule has 0 saturated heterocycles. The van der Waals surface area contributed by atoms with E-state index in [9.17, 15) is 0 Å². The Morgan fingerprint density at radius 3 is 0.798 bits per heavy atom. The fraction of sp³-hybridized carbons (Fsp3) is 0.0300. The van der Waals surface area contributed by atoms with Gasteiger partial charge in [0.05, 0.1) is 11.9 Å². The first-order chi connectivity index (χ1) is 54.0. The fourth-order valence-corrected chi connectivity index (χ4v) is 13.5. The molecule has 17 aromatic rings. The Labute approximate surface area is 703 Å². The molecule has 0 saturated carbocycles. The van der Waals surface area contributed by atoms with Crippen LogP contribution in [0.3, 0.4) is 0 Å². The summed E-state index contributed by atoms with van der Waals surface area (Å²) in [6.45, 7) is 3.80. The number of benzene rings is 14. The maximum absolute atomic E-state index is 5.86. The summed E-state index contributed by atoms with van der Waals surface area (Å²) in [5, 5.41) is 8.78. The predicted molar refractivity (Wildman–Crippen MR) is 498 cm³/mol. The van der Waals surface area contributed by atoms with Gasteiger partial charge >= 0.3 is 0 Å². The van der Waals surface area contributed by atoms with Crippen LogP contribution in [0.15, 0.2) is 449 Å². The minimum Gasteiger partial charge on any atom is -0.457 e. The number of aromatic nitrogens is 4. The molecule has 0 spiro atoms. The molecule has 14 heteroatoms. The molecule has 3 unspecified atom stereocenters. The number of hydrogen-bond donors (Lipinski definition) is 2. The quantitative estimate of drug-likeness (QED) is 0.0412. The van der Waals surface area contributed by atoms with Gasteiger partial charge in [-0.3, -0.25) is 9.67 Å². The predicted octanol–water partition coefficient (Wildman–Crippen LogP) is 25.1. The van der Waals surface area contributed by atoms with E-state index in [0.29, 0.717) is 22.3 Å². The van der Waals surface area contributed by atoms with E-state index in [1.54, 1.807) is 41.2 Å². The van der Waals surface area contributed by atoms with Crippen molar-refractivity contribution in [2.75, 3.05) is 11.5 Å². The maximum Gasteiger partial charge on any atom is 0.133 e. The molecule has 0 fully saturated rings. The van der Waals surface area contributed by atoms with E-state index in [0.717, 1.165) is 39.9 Å². The topological polar surface area (TPSA) is 114 Å². The Bertz CT molecular complexity index is 4740. The summed E-state index contributed by atoms with van der Waals surface area (Å²) >= 11 is 5.83. The molecular weight excluding hydrogens is 1580 g/mol. The van der Waals surface area contributed by atoms with Crippen LogP contribution in [0.1, 0.15) is 11.4 Å². The van der Waals surface area contributed by atoms with Crippen LogP contribution in [-0.4, -0.2) is 19.7 Å². The molecule has 4 N–H and O–H groups in total. The second-order valence-electron chi connectivity index (χ2n) is 24.7. The average Bonchev–Trinajstić information content (AvgIpc) is 0.826. The number of nitrogens with zero attached hydrogens (tertiary/aromatic N) is 4. The van der Waals surface area contributed by atoms with Crippen LogP contribution in [0.5, 0.6) is 23.0 Å². The summed E-state index contributed by atoms with van der Waals surface area (Å²) in [4.78, 5) is 8.58. The van der Waals surface area contributed by atoms with Gasteiger partial charge in [0.25, 0.3) is 0 Å². The summed E-state index contributed by atoms with van der Waals surface area (Å²) in [6, 6.07) is 150. The first-order valence-electron chi connectivity index (χ1n) is 36.0. The van der Waals surface area contributed by atoms with Gasteiger partial charge in [-0.2, -0.15) is 71.2 Å². The van der Waals surface area contributed by atoms with Crippen molar-refractivity contribution in [3.63, 3.8) is 0 Å². The third-order valence-electron chi connectivity index (χ3n) is 16.2. The van der Waals surface area contributed by atoms with Crippen molar-refractivity contribution in [1.82, 2.24) is 19.7 Å². The Kier molecular flexibility index (Phi) is 41.6. The van der Waals surface area contributed by atoms with E-state index < -0.39 is 7.92 Å². The van der Waals surface area contributed by atoms with Gasteiger partial charge in [0.1, 0.15) is 28.2 Å². The molecule has 14 aromatic carbocycles. The number of anilines is 2. The van der Waals surface area contributed by atoms with Crippen molar-refractivity contribution in [3.8, 4) is 78.8 Å². The summed E-state index contributed by atoms with van der Waals surface area (Å²) in [7, 11) is 1.43. The van der Waals surface area contributed by atoms with Gasteiger partial charge < -0.3 is 20.9 Å². The number of nitrogens with two attached hydrogens (primary N) is 2. The first kappa shape index (κ1) is 91.3. The summed E-state index contributed by atoms with van der Waals surface area (Å²) < 4.78 is 13.2. The molecule has 0 radical (unpaired) electrons. The minimum absolute atomic E-state index is 0. The monoisotopic (exact) mass is 1680 g/mol. The van der Waals surface area contributed by atoms with Crippen LogP contribution in [0.25, 0.3) is 55.8 Å². The Balaban J connectivity index is 0.000000205. The van der Waals surface area contributed by atoms with Crippen molar-refractivity contribution in [1.29, 1.82) is 0 Å². The number of hydrogen-bond acceptors (Lipinski definition) is 7. The van der Waals surface area contributed by atoms with Crippen molar-refractivity contribution in [2.45, 2.75) is 13.8 Å². The Morgan fingerprint density at radius 1 is 0.307 bits per heavy atom. The summed E-state index contributed by atoms with van der Waals surface area (Å²) in [6.07, 6.45) is 3.71. The normalized spacial score (nSPS) is 9.62. The molecule has 3 heterocycles. The number of rotatable bonds is 12. The smallest absolute Gasteiger partial charge is 0.133 e. The van der Waals surface area contributed by atoms with Crippen LogP contribution in [0, 0.1) is 19.9 Å². The van der Waals surface area contributed by atoms with Crippen LogP contribution in [0.4, 0.5) is 11.4 Å². The average molecular weight is 1680 g/mol. The van der Waals surface area contributed by atoms with Gasteiger partial charge in [-0.25, -0.2) is 4.98 Å². The maximum atomic E-state index is 5.86. The molecule has 3 atom stereocenters. The molecule has 576 valence electrons. The number of aryl methyl sites for hydroxylation is 3. The van der Waals surface area contributed by atoms with Gasteiger partial charge in [0.15, 0.2) is 0 Å². The number of ether oxygens (including phenoxy) is 2. The molecule has 0 aliphatic heterocycles. The van der Waals surface area contributed by atoms with Gasteiger partial charge in [0, 0.05) is 86.3 Å². The van der Waals surface area contributed by atoms with E-state index in [4.69, 9.17) is 32.5 Å². The molecular formula is C100H96ClN6O2P4Pd-. The molecule has 3 aromatic heterocycles. The molecule has 114 heavy (non-hydrogen) atoms. The molecule has 0 bridgehead atoms. The van der Waals surface area contributed by atoms with Gasteiger partial charge in [-0.1, -0.05) is 345 Å². The van der Waals surface area contributed by atoms with Crippen molar-refractivity contribution >= 4 is 76.5 Å². The number of pyridine rings is 2. The molecule has 0 amide bonds. The van der Waals surface area contributed by atoms with Crippen LogP contribution < -0.4 is 36.9 Å². The van der Waals surface area contributed by atoms with Crippen molar-refractivity contribution in [2.24, 2.45) is 7.05 Å². The molecule has 8 nitrogen and oxygen atoms in total. The van der Waals surface area contributed by atoms with Crippen LogP contribution in [-0.2, 0) is 27.5 Å². The third-order valence-corrected chi connectivity index (χ3v) is 18.9. The van der Waals surface area contributed by atoms with Crippen LogP contribution in [0.2, 0.25) is 5.15 Å². The zero-order chi connectivity index (χ0) is 76.4. The van der Waals surface area contributed by atoms with E-state index in [-0.39, 0.29) is 50.1 Å². The summed E-state index contributed by atoms with van der Waals surface area (Å²) in [5.74, 6) is 2.87. The fourth-order valence-electron chi connectivity index (χ4n) is 11.0. The van der Waals surface area contributed by atoms with Gasteiger partial charge in [-0.15, -0.1) is 0 Å². The largest absolute Gasteiger partial charge is 0.457 e. The second kappa shape index (κ2) is 51.9. The Morgan fingerprint density at radius 2 is 0.561 bits per heavy atom. The SMILES string of the molecule is Cc1cc(Oc2ccc(N)cc2)cc(-c2cnn(C)c2)n1.Cc1cc(Oc2ccc(N)cc2)cc(Cl)n1.P.P.P.[Pd].[c-]1ccccc1.c1ccc(-c2ccccc2)cc1.c1ccc(-c2ccccc2)cc1.c1ccc(-c2ccccc2)cc1.c1ccc(-c2ccccc2)cc1.c1ccc(P(c2ccccc2)c2ccccc2)cc1. The second-order valence-corrected chi connectivity index (χ2v) is 27.3. The molecule has 17 rings (SSSR count). The van der Waals surface area contributed by atoms with E-state index >= 15 is 0 Å². The van der Waals surface area contributed by atoms with Crippen molar-refractivity contribution < 1.29 is 29.9 Å². The molecule has 0 aliphatic carbocycles. The zero-order valence-electron chi connectivity index (χ0n) is 64.2. The summed E-state index contributed by atoms with van der Waals surface area (Å²) in [5.41, 5.74) is 26.4. The number of nitrogen functional groups attached to an aromatic ring is 2. The third kappa shape index (κ3) is 32.3. The standard InChI is InChI=1S/C18H15P.C16H16N4O.C12H11ClN2O.4C12H10.C6H5.3H3P.Pd/c1-4-10-16(11-5-1)19(17-12-6-2-7-13-17)18-14-8-3-9-15-18;1-11-7-15(21-14-5-3-13(17)4-6-14)8-16(19-11)12-9-18-20(2)10-12;1-8-6-11(7-12(13)15-8)16-10-4-2-9(14)3-5-10;4*1-3-7-11(8-4-1)12-9-5-2-6-10-12;1-2-4-6-5-3-1;;;;/h1-15H;3-10H,17H2,1-2H3;2-7H,14H2,1H3;4*1-10H;1-5H;3*1H3;/q;;;;;;;-1;;;;. The van der Waals surface area contributed by atoms with E-state index in [1.165, 1.54) is 60.4 Å². The van der Waals surface area contributed by atoms with Gasteiger partial charge in [0.2, 0.25) is 0 Å². The van der Waals surface area contributed by atoms with Crippen LogP contribution >= 0.6 is 49.2 Å². The minimum atomic E-state index is -0.446. The van der Waals surface area contributed by atoms with E-state index in [2.05, 4.69) is 306 Å². The Hall–Kier alpha value is -11.5. The zero-order valence-corrected chi connectivity index (χ0v) is 71.7. The first-order valence-corrected chi connectivity index (χ1v) is 37.7. The number of halogens is 1. The van der Waals surface area contributed by atoms with Gasteiger partial charge in [-0.05, 0) is 131 Å². The van der Waals surface area contributed by atoms with E-state index in [1.807, 2.05) is 148 Å². The molecule has 0 aliphatic rings. The van der Waals surface area contributed by atoms with Crippen molar-refractivity contribution in [3.05, 3.63) is 472 Å².